The van der Waals surface area contributed by atoms with Gasteiger partial charge in [-0.1, -0.05) is 35.4 Å². The van der Waals surface area contributed by atoms with Crippen molar-refractivity contribution in [1.29, 1.82) is 0 Å². The second kappa shape index (κ2) is 6.01. The maximum absolute atomic E-state index is 14.1. The standard InChI is InChI=1S/C20H20O2S/c1-15-3-9-18(10-4-15)23(22,19-11-5-16(2)6-12-19)20-13-7-17(21)8-14-20/h3-14,21,23H,1-2H3. The monoisotopic (exact) mass is 324 g/mol. The topological polar surface area (TPSA) is 37.3 Å². The van der Waals surface area contributed by atoms with Gasteiger partial charge in [-0.3, -0.25) is 4.21 Å². The SMILES string of the molecule is Cc1ccc([SH](=O)(c2ccc(C)cc2)c2ccc(O)cc2)cc1. The van der Waals surface area contributed by atoms with Gasteiger partial charge in [-0.15, -0.1) is 0 Å². The van der Waals surface area contributed by atoms with E-state index in [9.17, 15) is 9.32 Å². The average Bonchev–Trinajstić information content (AvgIpc) is 2.56. The summed E-state index contributed by atoms with van der Waals surface area (Å²) in [6, 6.07) is 22.3. The number of phenols is 1. The summed E-state index contributed by atoms with van der Waals surface area (Å²) in [7, 11) is -2.95. The molecule has 3 rings (SSSR count). The van der Waals surface area contributed by atoms with Crippen molar-refractivity contribution in [2.24, 2.45) is 0 Å². The van der Waals surface area contributed by atoms with Gasteiger partial charge >= 0.3 is 0 Å². The summed E-state index contributed by atoms with van der Waals surface area (Å²) >= 11 is 0. The molecule has 0 saturated carbocycles. The van der Waals surface area contributed by atoms with Crippen LogP contribution in [-0.2, 0) is 9.93 Å². The molecule has 2 nitrogen and oxygen atoms in total. The number of aryl methyl sites for hydroxylation is 2. The summed E-state index contributed by atoms with van der Waals surface area (Å²) in [4.78, 5) is 2.33. The van der Waals surface area contributed by atoms with Crippen LogP contribution in [0.25, 0.3) is 0 Å². The lowest BCUT2D eigenvalue weighted by atomic mass is 10.2. The zero-order valence-corrected chi connectivity index (χ0v) is 14.1. The fraction of sp³-hybridized carbons (Fsp3) is 0.100. The molecule has 0 spiro atoms. The van der Waals surface area contributed by atoms with Crippen LogP contribution in [0.3, 0.4) is 0 Å². The van der Waals surface area contributed by atoms with Crippen LogP contribution in [0.5, 0.6) is 5.75 Å². The first-order chi connectivity index (χ1) is 11.0. The maximum Gasteiger partial charge on any atom is 0.115 e. The Balaban J connectivity index is 2.24. The van der Waals surface area contributed by atoms with Gasteiger partial charge in [0.1, 0.15) is 5.75 Å². The fourth-order valence-corrected chi connectivity index (χ4v) is 5.22. The molecule has 1 N–H and O–H groups in total. The zero-order chi connectivity index (χ0) is 16.4. The molecule has 0 atom stereocenters. The maximum atomic E-state index is 14.1. The molecule has 3 aromatic rings. The van der Waals surface area contributed by atoms with Crippen molar-refractivity contribution in [3.63, 3.8) is 0 Å². The Morgan fingerprint density at radius 3 is 1.26 bits per heavy atom. The van der Waals surface area contributed by atoms with E-state index < -0.39 is 9.93 Å². The third-order valence-electron chi connectivity index (χ3n) is 4.01. The largest absolute Gasteiger partial charge is 0.508 e. The Hall–Kier alpha value is -2.39. The van der Waals surface area contributed by atoms with Crippen LogP contribution in [-0.4, -0.2) is 9.32 Å². The summed E-state index contributed by atoms with van der Waals surface area (Å²) in [6.07, 6.45) is 0. The highest BCUT2D eigenvalue weighted by Crippen LogP contribution is 2.36. The van der Waals surface area contributed by atoms with Crippen molar-refractivity contribution in [3.05, 3.63) is 83.9 Å². The van der Waals surface area contributed by atoms with Crippen LogP contribution in [0.1, 0.15) is 11.1 Å². The van der Waals surface area contributed by atoms with Crippen LogP contribution in [0.2, 0.25) is 0 Å². The molecular weight excluding hydrogens is 304 g/mol. The van der Waals surface area contributed by atoms with E-state index in [4.69, 9.17) is 0 Å². The quantitative estimate of drug-likeness (QED) is 0.696. The predicted molar refractivity (Wildman–Crippen MR) is 94.8 cm³/mol. The Bertz CT molecular complexity index is 730. The number of benzene rings is 3. The smallest absolute Gasteiger partial charge is 0.115 e. The van der Waals surface area contributed by atoms with Gasteiger partial charge in [-0.2, -0.15) is 0 Å². The second-order valence-electron chi connectivity index (χ2n) is 5.80. The minimum absolute atomic E-state index is 0.174. The van der Waals surface area contributed by atoms with E-state index >= 15 is 0 Å². The Morgan fingerprint density at radius 2 is 0.913 bits per heavy atom. The molecule has 0 bridgehead atoms. The van der Waals surface area contributed by atoms with E-state index in [0.29, 0.717) is 0 Å². The number of rotatable bonds is 3. The van der Waals surface area contributed by atoms with Crippen LogP contribution in [0.15, 0.2) is 87.5 Å². The van der Waals surface area contributed by atoms with Crippen LogP contribution in [0, 0.1) is 13.8 Å². The fourth-order valence-electron chi connectivity index (χ4n) is 2.62. The Morgan fingerprint density at radius 1 is 0.609 bits per heavy atom. The highest BCUT2D eigenvalue weighted by molar-refractivity contribution is 8.03. The molecule has 0 aromatic heterocycles. The first kappa shape index (κ1) is 15.5. The molecule has 0 aliphatic carbocycles. The molecule has 0 aliphatic heterocycles. The third-order valence-corrected chi connectivity index (χ3v) is 7.08. The van der Waals surface area contributed by atoms with Gasteiger partial charge in [0.15, 0.2) is 0 Å². The molecule has 0 fully saturated rings. The van der Waals surface area contributed by atoms with Crippen molar-refractivity contribution in [3.8, 4) is 5.75 Å². The van der Waals surface area contributed by atoms with Crippen molar-refractivity contribution in [1.82, 2.24) is 0 Å². The van der Waals surface area contributed by atoms with Crippen LogP contribution in [0.4, 0.5) is 0 Å². The molecule has 0 radical (unpaired) electrons. The summed E-state index contributed by atoms with van der Waals surface area (Å²) in [5, 5.41) is 9.55. The summed E-state index contributed by atoms with van der Waals surface area (Å²) in [5.41, 5.74) is 2.27. The van der Waals surface area contributed by atoms with Crippen molar-refractivity contribution < 1.29 is 9.32 Å². The highest BCUT2D eigenvalue weighted by Gasteiger charge is 2.23. The normalized spacial score (nSPS) is 12.1. The van der Waals surface area contributed by atoms with Crippen LogP contribution >= 0.6 is 0 Å². The molecule has 0 aliphatic rings. The molecule has 3 heteroatoms. The number of aromatic hydroxyl groups is 1. The summed E-state index contributed by atoms with van der Waals surface area (Å²) in [6.45, 7) is 4.03. The molecule has 23 heavy (non-hydrogen) atoms. The van der Waals surface area contributed by atoms with Crippen molar-refractivity contribution in [2.75, 3.05) is 0 Å². The summed E-state index contributed by atoms with van der Waals surface area (Å²) in [5.74, 6) is 0.174. The van der Waals surface area contributed by atoms with Gasteiger partial charge in [0.05, 0.1) is 0 Å². The minimum Gasteiger partial charge on any atom is -0.508 e. The zero-order valence-electron chi connectivity index (χ0n) is 13.2. The number of phenolic OH excluding ortho intramolecular Hbond substituents is 1. The van der Waals surface area contributed by atoms with Gasteiger partial charge in [0.25, 0.3) is 0 Å². The number of thiol groups is 1. The van der Waals surface area contributed by atoms with Gasteiger partial charge in [-0.25, -0.2) is 0 Å². The highest BCUT2D eigenvalue weighted by atomic mass is 32.2. The number of hydrogen-bond donors (Lipinski definition) is 2. The molecule has 0 amide bonds. The lowest BCUT2D eigenvalue weighted by Crippen LogP contribution is -2.14. The van der Waals surface area contributed by atoms with Gasteiger partial charge in [-0.05, 0) is 72.3 Å². The third kappa shape index (κ3) is 2.92. The Labute approximate surface area is 137 Å². The van der Waals surface area contributed by atoms with Gasteiger partial charge in [0.2, 0.25) is 0 Å². The first-order valence-electron chi connectivity index (χ1n) is 7.54. The number of hydrogen-bond acceptors (Lipinski definition) is 2. The lowest BCUT2D eigenvalue weighted by molar-refractivity contribution is 0.475. The average molecular weight is 324 g/mol. The van der Waals surface area contributed by atoms with E-state index in [1.54, 1.807) is 24.3 Å². The first-order valence-corrected chi connectivity index (χ1v) is 9.25. The molecule has 0 heterocycles. The second-order valence-corrected chi connectivity index (χ2v) is 8.56. The molecule has 118 valence electrons. The van der Waals surface area contributed by atoms with E-state index in [-0.39, 0.29) is 5.75 Å². The predicted octanol–water partition coefficient (Wildman–Crippen LogP) is 4.50. The molecule has 0 unspecified atom stereocenters. The van der Waals surface area contributed by atoms with E-state index in [1.807, 2.05) is 62.4 Å². The lowest BCUT2D eigenvalue weighted by Gasteiger charge is -2.26. The summed E-state index contributed by atoms with van der Waals surface area (Å²) < 4.78 is 14.1. The Kier molecular flexibility index (Phi) is 4.05. The van der Waals surface area contributed by atoms with E-state index in [0.717, 1.165) is 25.8 Å². The van der Waals surface area contributed by atoms with Crippen molar-refractivity contribution in [2.45, 2.75) is 28.5 Å². The van der Waals surface area contributed by atoms with E-state index in [2.05, 4.69) is 0 Å². The molecule has 0 saturated heterocycles. The van der Waals surface area contributed by atoms with Gasteiger partial charge < -0.3 is 5.11 Å². The molecule has 3 aromatic carbocycles. The van der Waals surface area contributed by atoms with Gasteiger partial charge in [0, 0.05) is 14.7 Å². The van der Waals surface area contributed by atoms with Crippen LogP contribution < -0.4 is 0 Å². The van der Waals surface area contributed by atoms with Crippen molar-refractivity contribution >= 4 is 9.93 Å². The minimum atomic E-state index is -2.95. The molecular formula is C20H20O2S. The van der Waals surface area contributed by atoms with E-state index in [1.165, 1.54) is 0 Å².